The molecule has 0 heterocycles. The number of amides is 3. The van der Waals surface area contributed by atoms with Gasteiger partial charge in [-0.3, -0.25) is 19.2 Å². The topological polar surface area (TPSA) is 234 Å². The molecule has 34 heavy (non-hydrogen) atoms. The number of aliphatic carboxylic acids is 2. The van der Waals surface area contributed by atoms with Crippen LogP contribution in [0.1, 0.15) is 59.3 Å². The first kappa shape index (κ1) is 31.2. The highest BCUT2D eigenvalue weighted by atomic mass is 16.4. The number of unbranched alkanes of at least 4 members (excludes halogenated alkanes) is 1. The molecule has 6 unspecified atom stereocenters. The summed E-state index contributed by atoms with van der Waals surface area (Å²) in [6.07, 6.45) is -0.196. The van der Waals surface area contributed by atoms with E-state index in [1.54, 1.807) is 13.8 Å². The fraction of sp³-hybridized carbons (Fsp3) is 0.762. The standard InChI is InChI=1S/C21H39N5O8/c1-4-11(2)16(25-18(30)13(23)8-9-15(28)29)19(31)26-17(12(3)27)20(32)24-14(21(33)34)7-5-6-10-22/h11-14,16-17,27H,4-10,22-23H2,1-3H3,(H,24,32)(H,25,30)(H,26,31)(H,28,29)(H,33,34). The first-order valence-electron chi connectivity index (χ1n) is 11.3. The third-order valence-corrected chi connectivity index (χ3v) is 5.42. The Balaban J connectivity index is 5.39. The molecule has 3 amide bonds. The molecule has 6 atom stereocenters. The molecule has 0 aliphatic heterocycles. The SMILES string of the molecule is CCC(C)C(NC(=O)C(N)CCC(=O)O)C(=O)NC(C(=O)NC(CCCCN)C(=O)O)C(C)O. The quantitative estimate of drug-likeness (QED) is 0.107. The van der Waals surface area contributed by atoms with E-state index in [1.807, 2.05) is 0 Å². The van der Waals surface area contributed by atoms with E-state index in [4.69, 9.17) is 16.6 Å². The third kappa shape index (κ3) is 11.4. The predicted octanol–water partition coefficient (Wildman–Crippen LogP) is -1.73. The van der Waals surface area contributed by atoms with Crippen molar-refractivity contribution in [3.63, 3.8) is 0 Å². The molecule has 0 aliphatic rings. The van der Waals surface area contributed by atoms with Crippen molar-refractivity contribution >= 4 is 29.7 Å². The maximum atomic E-state index is 12.9. The molecule has 0 spiro atoms. The Bertz CT molecular complexity index is 703. The minimum atomic E-state index is -1.48. The van der Waals surface area contributed by atoms with E-state index in [2.05, 4.69) is 16.0 Å². The first-order chi connectivity index (χ1) is 15.8. The Morgan fingerprint density at radius 3 is 1.88 bits per heavy atom. The van der Waals surface area contributed by atoms with Crippen molar-refractivity contribution in [2.45, 2.75) is 89.6 Å². The van der Waals surface area contributed by atoms with Crippen LogP contribution in [0.4, 0.5) is 0 Å². The Morgan fingerprint density at radius 1 is 0.853 bits per heavy atom. The largest absolute Gasteiger partial charge is 0.481 e. The van der Waals surface area contributed by atoms with Crippen LogP contribution in [0.25, 0.3) is 0 Å². The number of hydrogen-bond acceptors (Lipinski definition) is 8. The molecule has 0 bridgehead atoms. The molecule has 0 saturated carbocycles. The number of aliphatic hydroxyl groups is 1. The van der Waals surface area contributed by atoms with Crippen LogP contribution in [0.5, 0.6) is 0 Å². The smallest absolute Gasteiger partial charge is 0.326 e. The molecule has 10 N–H and O–H groups in total. The van der Waals surface area contributed by atoms with Gasteiger partial charge in [0.2, 0.25) is 17.7 Å². The van der Waals surface area contributed by atoms with Crippen molar-refractivity contribution < 1.29 is 39.3 Å². The lowest BCUT2D eigenvalue weighted by molar-refractivity contribution is -0.143. The van der Waals surface area contributed by atoms with E-state index in [0.29, 0.717) is 25.8 Å². The Morgan fingerprint density at radius 2 is 1.41 bits per heavy atom. The summed E-state index contributed by atoms with van der Waals surface area (Å²) in [6.45, 7) is 5.09. The molecule has 0 saturated heterocycles. The lowest BCUT2D eigenvalue weighted by Crippen LogP contribution is -2.61. The second kappa shape index (κ2) is 16.0. The van der Waals surface area contributed by atoms with Crippen molar-refractivity contribution in [3.8, 4) is 0 Å². The lowest BCUT2D eigenvalue weighted by atomic mass is 9.96. The molecule has 0 rings (SSSR count). The van der Waals surface area contributed by atoms with Gasteiger partial charge in [-0.25, -0.2) is 4.79 Å². The van der Waals surface area contributed by atoms with Crippen molar-refractivity contribution in [3.05, 3.63) is 0 Å². The van der Waals surface area contributed by atoms with Crippen molar-refractivity contribution in [2.75, 3.05) is 6.54 Å². The third-order valence-electron chi connectivity index (χ3n) is 5.42. The second-order valence-electron chi connectivity index (χ2n) is 8.32. The summed E-state index contributed by atoms with van der Waals surface area (Å²) in [5.41, 5.74) is 11.1. The van der Waals surface area contributed by atoms with Crippen LogP contribution in [-0.4, -0.2) is 81.8 Å². The van der Waals surface area contributed by atoms with Crippen LogP contribution >= 0.6 is 0 Å². The van der Waals surface area contributed by atoms with Gasteiger partial charge in [-0.05, 0) is 45.1 Å². The van der Waals surface area contributed by atoms with Gasteiger partial charge in [-0.1, -0.05) is 20.3 Å². The van der Waals surface area contributed by atoms with Gasteiger partial charge >= 0.3 is 11.9 Å². The maximum absolute atomic E-state index is 12.9. The molecular weight excluding hydrogens is 450 g/mol. The predicted molar refractivity (Wildman–Crippen MR) is 122 cm³/mol. The number of aliphatic hydroxyl groups excluding tert-OH is 1. The highest BCUT2D eigenvalue weighted by Crippen LogP contribution is 2.10. The van der Waals surface area contributed by atoms with E-state index in [-0.39, 0.29) is 19.3 Å². The summed E-state index contributed by atoms with van der Waals surface area (Å²) < 4.78 is 0. The van der Waals surface area contributed by atoms with Crippen LogP contribution in [0, 0.1) is 5.92 Å². The molecular formula is C21H39N5O8. The van der Waals surface area contributed by atoms with Gasteiger partial charge < -0.3 is 42.7 Å². The molecule has 13 nitrogen and oxygen atoms in total. The zero-order valence-corrected chi connectivity index (χ0v) is 20.0. The molecule has 0 aromatic rings. The second-order valence-corrected chi connectivity index (χ2v) is 8.32. The monoisotopic (exact) mass is 489 g/mol. The van der Waals surface area contributed by atoms with Crippen molar-refractivity contribution in [1.29, 1.82) is 0 Å². The van der Waals surface area contributed by atoms with E-state index < -0.39 is 65.8 Å². The van der Waals surface area contributed by atoms with Gasteiger partial charge in [0, 0.05) is 6.42 Å². The molecule has 0 aromatic heterocycles. The number of carbonyl (C=O) groups is 5. The Kier molecular flexibility index (Phi) is 14.7. The zero-order chi connectivity index (χ0) is 26.4. The van der Waals surface area contributed by atoms with Gasteiger partial charge in [0.05, 0.1) is 12.1 Å². The number of hydrogen-bond donors (Lipinski definition) is 8. The van der Waals surface area contributed by atoms with E-state index >= 15 is 0 Å². The van der Waals surface area contributed by atoms with Gasteiger partial charge in [-0.2, -0.15) is 0 Å². The molecule has 0 aromatic carbocycles. The van der Waals surface area contributed by atoms with Crippen molar-refractivity contribution in [1.82, 2.24) is 16.0 Å². The number of carboxylic acid groups (broad SMARTS) is 2. The van der Waals surface area contributed by atoms with E-state index in [9.17, 15) is 34.2 Å². The summed E-state index contributed by atoms with van der Waals surface area (Å²) >= 11 is 0. The van der Waals surface area contributed by atoms with Crippen LogP contribution in [-0.2, 0) is 24.0 Å². The minimum absolute atomic E-state index is 0.124. The Labute approximate surface area is 199 Å². The fourth-order valence-electron chi connectivity index (χ4n) is 3.03. The lowest BCUT2D eigenvalue weighted by Gasteiger charge is -2.29. The van der Waals surface area contributed by atoms with Crippen LogP contribution in [0.2, 0.25) is 0 Å². The Hall–Kier alpha value is -2.77. The number of rotatable bonds is 17. The van der Waals surface area contributed by atoms with Crippen LogP contribution in [0.3, 0.4) is 0 Å². The number of carbonyl (C=O) groups excluding carboxylic acids is 3. The summed E-state index contributed by atoms with van der Waals surface area (Å²) in [5, 5.41) is 35.3. The minimum Gasteiger partial charge on any atom is -0.481 e. The van der Waals surface area contributed by atoms with Gasteiger partial charge in [0.25, 0.3) is 0 Å². The first-order valence-corrected chi connectivity index (χ1v) is 11.3. The van der Waals surface area contributed by atoms with Gasteiger partial charge in [0.1, 0.15) is 18.1 Å². The van der Waals surface area contributed by atoms with Crippen LogP contribution < -0.4 is 27.4 Å². The highest BCUT2D eigenvalue weighted by molar-refractivity contribution is 5.94. The summed E-state index contributed by atoms with van der Waals surface area (Å²) in [5.74, 6) is -5.17. The highest BCUT2D eigenvalue weighted by Gasteiger charge is 2.34. The average Bonchev–Trinajstić information content (AvgIpc) is 2.77. The summed E-state index contributed by atoms with van der Waals surface area (Å²) in [7, 11) is 0. The zero-order valence-electron chi connectivity index (χ0n) is 20.0. The van der Waals surface area contributed by atoms with Gasteiger partial charge in [-0.15, -0.1) is 0 Å². The van der Waals surface area contributed by atoms with E-state index in [1.165, 1.54) is 6.92 Å². The molecule has 196 valence electrons. The molecule has 0 radical (unpaired) electrons. The average molecular weight is 490 g/mol. The molecule has 0 fully saturated rings. The fourth-order valence-corrected chi connectivity index (χ4v) is 3.03. The number of nitrogens with one attached hydrogen (secondary N) is 3. The normalized spacial score (nSPS) is 16.3. The summed E-state index contributed by atoms with van der Waals surface area (Å²) in [4.78, 5) is 60.2. The number of nitrogens with two attached hydrogens (primary N) is 2. The molecule has 13 heteroatoms. The van der Waals surface area contributed by atoms with Gasteiger partial charge in [0.15, 0.2) is 0 Å². The van der Waals surface area contributed by atoms with E-state index in [0.717, 1.165) is 0 Å². The molecule has 0 aliphatic carbocycles. The maximum Gasteiger partial charge on any atom is 0.326 e. The van der Waals surface area contributed by atoms with Crippen LogP contribution in [0.15, 0.2) is 0 Å². The van der Waals surface area contributed by atoms with Crippen molar-refractivity contribution in [2.24, 2.45) is 17.4 Å². The number of carboxylic acids is 2. The summed E-state index contributed by atoms with van der Waals surface area (Å²) in [6, 6.07) is -4.99.